The van der Waals surface area contributed by atoms with Crippen LogP contribution in [-0.2, 0) is 6.54 Å². The number of fused-ring (bicyclic) bond motifs is 1. The molecule has 0 saturated carbocycles. The second kappa shape index (κ2) is 8.14. The van der Waals surface area contributed by atoms with Crippen molar-refractivity contribution in [2.75, 3.05) is 11.9 Å². The number of hydrogen-bond donors (Lipinski definition) is 3. The van der Waals surface area contributed by atoms with Crippen molar-refractivity contribution in [3.8, 4) is 0 Å². The normalized spacial score (nSPS) is 18.3. The smallest absolute Gasteiger partial charge is 0.136 e. The number of rotatable bonds is 9. The third-order valence-corrected chi connectivity index (χ3v) is 3.86. The number of aliphatic hydroxyl groups is 2. The number of aliphatic imine (C=N–C) groups is 1. The molecule has 6 nitrogen and oxygen atoms in total. The molecule has 2 rings (SSSR count). The van der Waals surface area contributed by atoms with Crippen LogP contribution < -0.4 is 5.32 Å². The Morgan fingerprint density at radius 2 is 2.14 bits per heavy atom. The molecule has 1 aromatic rings. The number of hydrogen-bond acceptors (Lipinski definition) is 5. The molecule has 118 valence electrons. The van der Waals surface area contributed by atoms with E-state index in [9.17, 15) is 10.2 Å². The van der Waals surface area contributed by atoms with Crippen LogP contribution in [-0.4, -0.2) is 38.8 Å². The van der Waals surface area contributed by atoms with Crippen LogP contribution in [0.15, 0.2) is 11.3 Å². The molecule has 0 aromatic carbocycles. The van der Waals surface area contributed by atoms with Crippen molar-refractivity contribution >= 4 is 12.2 Å². The summed E-state index contributed by atoms with van der Waals surface area (Å²) in [5.41, 5.74) is 0.746. The van der Waals surface area contributed by atoms with Crippen molar-refractivity contribution in [1.29, 1.82) is 0 Å². The third kappa shape index (κ3) is 4.28. The van der Waals surface area contributed by atoms with Gasteiger partial charge in [0.05, 0.1) is 31.9 Å². The Morgan fingerprint density at radius 1 is 1.33 bits per heavy atom. The molecule has 6 heteroatoms. The minimum atomic E-state index is -0.363. The quantitative estimate of drug-likeness (QED) is 0.609. The molecule has 21 heavy (non-hydrogen) atoms. The Morgan fingerprint density at radius 3 is 2.90 bits per heavy atom. The summed E-state index contributed by atoms with van der Waals surface area (Å²) in [7, 11) is 0. The van der Waals surface area contributed by atoms with Gasteiger partial charge in [-0.2, -0.15) is 0 Å². The van der Waals surface area contributed by atoms with Crippen molar-refractivity contribution in [3.63, 3.8) is 0 Å². The predicted octanol–water partition coefficient (Wildman–Crippen LogP) is 2.09. The molecule has 0 saturated heterocycles. The molecule has 1 aromatic heterocycles. The van der Waals surface area contributed by atoms with Crippen LogP contribution in [0.4, 0.5) is 5.82 Å². The molecular weight excluding hydrogens is 268 g/mol. The predicted molar refractivity (Wildman–Crippen MR) is 83.6 cm³/mol. The molecule has 0 amide bonds. The molecule has 2 atom stereocenters. The first-order valence-corrected chi connectivity index (χ1v) is 7.88. The second-order valence-corrected chi connectivity index (χ2v) is 5.61. The van der Waals surface area contributed by atoms with Gasteiger partial charge in [0.15, 0.2) is 0 Å². The van der Waals surface area contributed by atoms with E-state index in [1.54, 1.807) is 12.7 Å². The Bertz CT molecular complexity index is 459. The summed E-state index contributed by atoms with van der Waals surface area (Å²) in [5.74, 6) is 0.828. The van der Waals surface area contributed by atoms with Crippen molar-refractivity contribution in [1.82, 2.24) is 9.55 Å². The zero-order chi connectivity index (χ0) is 15.1. The molecule has 0 radical (unpaired) electrons. The van der Waals surface area contributed by atoms with E-state index in [2.05, 4.69) is 22.2 Å². The summed E-state index contributed by atoms with van der Waals surface area (Å²) in [5, 5.41) is 22.5. The summed E-state index contributed by atoms with van der Waals surface area (Å²) in [6.45, 7) is 2.67. The second-order valence-electron chi connectivity index (χ2n) is 5.61. The van der Waals surface area contributed by atoms with Gasteiger partial charge in [-0.3, -0.25) is 4.99 Å². The van der Waals surface area contributed by atoms with Gasteiger partial charge in [-0.1, -0.05) is 39.0 Å². The first kappa shape index (κ1) is 16.0. The summed E-state index contributed by atoms with van der Waals surface area (Å²) in [6.07, 6.45) is 9.75. The largest absolute Gasteiger partial charge is 0.394 e. The van der Waals surface area contributed by atoms with Crippen molar-refractivity contribution in [3.05, 3.63) is 12.0 Å². The number of aliphatic hydroxyl groups excluding tert-OH is 2. The van der Waals surface area contributed by atoms with Gasteiger partial charge in [-0.15, -0.1) is 0 Å². The van der Waals surface area contributed by atoms with Gasteiger partial charge in [-0.05, 0) is 6.42 Å². The Kier molecular flexibility index (Phi) is 6.20. The van der Waals surface area contributed by atoms with E-state index in [4.69, 9.17) is 0 Å². The minimum Gasteiger partial charge on any atom is -0.394 e. The number of unbranched alkanes of at least 4 members (excludes halogenated alkanes) is 4. The minimum absolute atomic E-state index is 0.0534. The lowest BCUT2D eigenvalue weighted by Gasteiger charge is -2.18. The lowest BCUT2D eigenvalue weighted by molar-refractivity contribution is 0.141. The van der Waals surface area contributed by atoms with Gasteiger partial charge in [0.25, 0.3) is 0 Å². The van der Waals surface area contributed by atoms with Crippen LogP contribution in [0.25, 0.3) is 0 Å². The summed E-state index contributed by atoms with van der Waals surface area (Å²) < 4.78 is 1.90. The standard InChI is InChI=1S/C15H26N4O2/c1-2-3-4-5-6-7-12(21)8-19-11-18-14-13(9-20)16-10-17-15(14)19/h10-13,20-21H,2-9H2,1H3,(H,16,17). The maximum absolute atomic E-state index is 10.1. The molecule has 2 unspecified atom stereocenters. The highest BCUT2D eigenvalue weighted by molar-refractivity contribution is 5.78. The average Bonchev–Trinajstić information content (AvgIpc) is 2.90. The van der Waals surface area contributed by atoms with Gasteiger partial charge >= 0.3 is 0 Å². The zero-order valence-electron chi connectivity index (χ0n) is 12.7. The molecule has 1 aliphatic rings. The lowest BCUT2D eigenvalue weighted by atomic mass is 10.1. The first-order chi connectivity index (χ1) is 10.3. The number of imidazole rings is 1. The Labute approximate surface area is 125 Å². The van der Waals surface area contributed by atoms with Crippen LogP contribution in [0.3, 0.4) is 0 Å². The van der Waals surface area contributed by atoms with Gasteiger partial charge in [0.1, 0.15) is 17.6 Å². The molecule has 2 heterocycles. The molecule has 0 fully saturated rings. The lowest BCUT2D eigenvalue weighted by Crippen LogP contribution is -2.20. The van der Waals surface area contributed by atoms with Crippen LogP contribution in [0, 0.1) is 0 Å². The van der Waals surface area contributed by atoms with E-state index in [1.165, 1.54) is 25.7 Å². The maximum Gasteiger partial charge on any atom is 0.136 e. The van der Waals surface area contributed by atoms with E-state index in [1.807, 2.05) is 4.57 Å². The average molecular weight is 294 g/mol. The van der Waals surface area contributed by atoms with Gasteiger partial charge in [0.2, 0.25) is 0 Å². The molecule has 3 N–H and O–H groups in total. The summed E-state index contributed by atoms with van der Waals surface area (Å²) in [4.78, 5) is 8.43. The Hall–Kier alpha value is -1.40. The Balaban J connectivity index is 1.82. The maximum atomic E-state index is 10.1. The SMILES string of the molecule is CCCCCCCC(O)Cn1cnc2c1NC=NC2CO. The van der Waals surface area contributed by atoms with E-state index < -0.39 is 0 Å². The highest BCUT2D eigenvalue weighted by atomic mass is 16.3. The fourth-order valence-corrected chi connectivity index (χ4v) is 2.63. The summed E-state index contributed by atoms with van der Waals surface area (Å²) in [6, 6.07) is -0.298. The summed E-state index contributed by atoms with van der Waals surface area (Å²) >= 11 is 0. The highest BCUT2D eigenvalue weighted by Crippen LogP contribution is 2.27. The van der Waals surface area contributed by atoms with E-state index in [0.29, 0.717) is 6.54 Å². The van der Waals surface area contributed by atoms with Crippen LogP contribution in [0.1, 0.15) is 57.2 Å². The van der Waals surface area contributed by atoms with E-state index >= 15 is 0 Å². The van der Waals surface area contributed by atoms with Gasteiger partial charge in [-0.25, -0.2) is 4.98 Å². The topological polar surface area (TPSA) is 82.7 Å². The number of anilines is 1. The van der Waals surface area contributed by atoms with Crippen LogP contribution in [0.2, 0.25) is 0 Å². The highest BCUT2D eigenvalue weighted by Gasteiger charge is 2.22. The zero-order valence-corrected chi connectivity index (χ0v) is 12.7. The van der Waals surface area contributed by atoms with Crippen LogP contribution >= 0.6 is 0 Å². The van der Waals surface area contributed by atoms with E-state index in [0.717, 1.165) is 24.4 Å². The molecule has 0 bridgehead atoms. The van der Waals surface area contributed by atoms with Crippen LogP contribution in [0.5, 0.6) is 0 Å². The molecular formula is C15H26N4O2. The number of aromatic nitrogens is 2. The molecule has 0 spiro atoms. The number of nitrogens with zero attached hydrogens (tertiary/aromatic N) is 3. The fourth-order valence-electron chi connectivity index (χ4n) is 2.63. The molecule has 0 aliphatic carbocycles. The van der Waals surface area contributed by atoms with Crippen molar-refractivity contribution < 1.29 is 10.2 Å². The first-order valence-electron chi connectivity index (χ1n) is 7.88. The molecule has 1 aliphatic heterocycles. The fraction of sp³-hybridized carbons (Fsp3) is 0.733. The van der Waals surface area contributed by atoms with E-state index in [-0.39, 0.29) is 18.8 Å². The monoisotopic (exact) mass is 294 g/mol. The van der Waals surface area contributed by atoms with Gasteiger partial charge in [0, 0.05) is 0 Å². The third-order valence-electron chi connectivity index (χ3n) is 3.86. The van der Waals surface area contributed by atoms with Gasteiger partial charge < -0.3 is 20.1 Å². The van der Waals surface area contributed by atoms with Crippen molar-refractivity contribution in [2.24, 2.45) is 4.99 Å². The number of nitrogens with one attached hydrogen (secondary N) is 1. The van der Waals surface area contributed by atoms with Crippen molar-refractivity contribution in [2.45, 2.75) is 64.1 Å².